The van der Waals surface area contributed by atoms with Crippen LogP contribution < -0.4 is 11.1 Å². The van der Waals surface area contributed by atoms with Crippen molar-refractivity contribution in [3.05, 3.63) is 16.1 Å². The fourth-order valence-corrected chi connectivity index (χ4v) is 1.92. The summed E-state index contributed by atoms with van der Waals surface area (Å²) in [6, 6.07) is -1.26. The Morgan fingerprint density at radius 2 is 2.11 bits per heavy atom. The van der Waals surface area contributed by atoms with E-state index in [2.05, 4.69) is 10.3 Å². The molecule has 8 nitrogen and oxygen atoms in total. The average molecular weight is 287 g/mol. The van der Waals surface area contributed by atoms with E-state index in [4.69, 9.17) is 15.9 Å². The summed E-state index contributed by atoms with van der Waals surface area (Å²) in [6.45, 7) is 0.194. The number of hydrogen-bond acceptors (Lipinski definition) is 6. The molecule has 104 valence electrons. The minimum Gasteiger partial charge on any atom is -0.481 e. The fraction of sp³-hybridized carbons (Fsp3) is 0.400. The van der Waals surface area contributed by atoms with Gasteiger partial charge in [0.2, 0.25) is 0 Å². The predicted molar refractivity (Wildman–Crippen MR) is 65.8 cm³/mol. The van der Waals surface area contributed by atoms with Gasteiger partial charge in [0.05, 0.1) is 0 Å². The Balaban J connectivity index is 2.65. The van der Waals surface area contributed by atoms with Crippen molar-refractivity contribution in [3.8, 4) is 0 Å². The molecule has 1 aromatic rings. The highest BCUT2D eigenvalue weighted by atomic mass is 32.1. The summed E-state index contributed by atoms with van der Waals surface area (Å²) in [5.74, 6) is -3.07. The Hall–Kier alpha value is -2.00. The van der Waals surface area contributed by atoms with Gasteiger partial charge >= 0.3 is 11.9 Å². The molecule has 0 aliphatic rings. The SMILES string of the molecule is NCc1nc(C(=O)NC(CCC(=O)O)C(=O)O)cs1. The largest absolute Gasteiger partial charge is 0.481 e. The number of nitrogens with two attached hydrogens (primary N) is 1. The molecule has 9 heteroatoms. The molecular formula is C10H13N3O5S. The molecule has 1 atom stereocenters. The van der Waals surface area contributed by atoms with Crippen molar-refractivity contribution in [1.29, 1.82) is 0 Å². The summed E-state index contributed by atoms with van der Waals surface area (Å²) >= 11 is 1.19. The van der Waals surface area contributed by atoms with Crippen LogP contribution in [0.4, 0.5) is 0 Å². The number of carbonyl (C=O) groups is 3. The smallest absolute Gasteiger partial charge is 0.326 e. The van der Waals surface area contributed by atoms with E-state index >= 15 is 0 Å². The lowest BCUT2D eigenvalue weighted by Gasteiger charge is -2.12. The minimum atomic E-state index is -1.29. The number of nitrogens with zero attached hydrogens (tertiary/aromatic N) is 1. The molecule has 0 aliphatic heterocycles. The molecule has 1 aromatic heterocycles. The topological polar surface area (TPSA) is 143 Å². The van der Waals surface area contributed by atoms with Crippen LogP contribution in [-0.4, -0.2) is 39.1 Å². The number of carboxylic acid groups (broad SMARTS) is 2. The van der Waals surface area contributed by atoms with E-state index in [1.54, 1.807) is 0 Å². The number of hydrogen-bond donors (Lipinski definition) is 4. The molecule has 0 saturated carbocycles. The second-order valence-electron chi connectivity index (χ2n) is 3.63. The minimum absolute atomic E-state index is 0.0759. The summed E-state index contributed by atoms with van der Waals surface area (Å²) in [5, 5.41) is 21.6. The highest BCUT2D eigenvalue weighted by Crippen LogP contribution is 2.09. The average Bonchev–Trinajstić information content (AvgIpc) is 2.82. The maximum Gasteiger partial charge on any atom is 0.326 e. The van der Waals surface area contributed by atoms with E-state index in [1.165, 1.54) is 16.7 Å². The summed E-state index contributed by atoms with van der Waals surface area (Å²) in [6.07, 6.45) is -0.535. The first-order valence-electron chi connectivity index (χ1n) is 5.34. The van der Waals surface area contributed by atoms with Gasteiger partial charge in [-0.3, -0.25) is 9.59 Å². The summed E-state index contributed by atoms with van der Waals surface area (Å²) in [7, 11) is 0. The Labute approximate surface area is 112 Å². The van der Waals surface area contributed by atoms with Crippen LogP contribution in [0.25, 0.3) is 0 Å². The first kappa shape index (κ1) is 15.1. The zero-order chi connectivity index (χ0) is 14.4. The van der Waals surface area contributed by atoms with E-state index < -0.39 is 23.9 Å². The van der Waals surface area contributed by atoms with Gasteiger partial charge < -0.3 is 21.3 Å². The van der Waals surface area contributed by atoms with E-state index in [1.807, 2.05) is 0 Å². The number of carboxylic acids is 2. The highest BCUT2D eigenvalue weighted by molar-refractivity contribution is 7.09. The van der Waals surface area contributed by atoms with Crippen molar-refractivity contribution in [1.82, 2.24) is 10.3 Å². The Kier molecular flexibility index (Phi) is 5.39. The molecule has 0 bridgehead atoms. The number of amides is 1. The van der Waals surface area contributed by atoms with Gasteiger partial charge in [0.25, 0.3) is 5.91 Å². The van der Waals surface area contributed by atoms with Crippen LogP contribution in [-0.2, 0) is 16.1 Å². The maximum absolute atomic E-state index is 11.7. The molecule has 0 spiro atoms. The van der Waals surface area contributed by atoms with E-state index in [0.717, 1.165) is 0 Å². The summed E-state index contributed by atoms with van der Waals surface area (Å²) in [5.41, 5.74) is 5.43. The molecular weight excluding hydrogens is 274 g/mol. The van der Waals surface area contributed by atoms with Crippen molar-refractivity contribution < 1.29 is 24.6 Å². The zero-order valence-corrected chi connectivity index (χ0v) is 10.6. The second kappa shape index (κ2) is 6.81. The first-order chi connectivity index (χ1) is 8.93. The van der Waals surface area contributed by atoms with Crippen molar-refractivity contribution in [2.24, 2.45) is 5.73 Å². The van der Waals surface area contributed by atoms with Crippen molar-refractivity contribution >= 4 is 29.2 Å². The maximum atomic E-state index is 11.7. The number of rotatable bonds is 7. The molecule has 19 heavy (non-hydrogen) atoms. The lowest BCUT2D eigenvalue weighted by molar-refractivity contribution is -0.140. The van der Waals surface area contributed by atoms with Crippen LogP contribution in [0.1, 0.15) is 28.3 Å². The molecule has 0 fully saturated rings. The van der Waals surface area contributed by atoms with Gasteiger partial charge in [-0.25, -0.2) is 9.78 Å². The fourth-order valence-electron chi connectivity index (χ4n) is 1.27. The zero-order valence-electron chi connectivity index (χ0n) is 9.83. The van der Waals surface area contributed by atoms with E-state index in [0.29, 0.717) is 5.01 Å². The number of aliphatic carboxylic acids is 2. The monoisotopic (exact) mass is 287 g/mol. The van der Waals surface area contributed by atoms with Gasteiger partial charge in [0.15, 0.2) is 0 Å². The number of thiazole rings is 1. The van der Waals surface area contributed by atoms with Gasteiger partial charge in [-0.05, 0) is 6.42 Å². The van der Waals surface area contributed by atoms with Crippen molar-refractivity contribution in [3.63, 3.8) is 0 Å². The lowest BCUT2D eigenvalue weighted by atomic mass is 10.1. The van der Waals surface area contributed by atoms with E-state index in [9.17, 15) is 14.4 Å². The van der Waals surface area contributed by atoms with Crippen LogP contribution >= 0.6 is 11.3 Å². The standard InChI is InChI=1S/C10H13N3O5S/c11-3-7-12-6(4-19-7)9(16)13-5(10(17)18)1-2-8(14)15/h4-5H,1-3,11H2,(H,13,16)(H,14,15)(H,17,18). The molecule has 1 unspecified atom stereocenters. The third kappa shape index (κ3) is 4.64. The van der Waals surface area contributed by atoms with Crippen LogP contribution in [0, 0.1) is 0 Å². The number of aromatic nitrogens is 1. The van der Waals surface area contributed by atoms with Crippen LogP contribution in [0.15, 0.2) is 5.38 Å². The van der Waals surface area contributed by atoms with Gasteiger partial charge in [0, 0.05) is 18.3 Å². The molecule has 1 amide bonds. The summed E-state index contributed by atoms with van der Waals surface area (Å²) in [4.78, 5) is 36.9. The second-order valence-corrected chi connectivity index (χ2v) is 4.57. The van der Waals surface area contributed by atoms with Gasteiger partial charge in [-0.1, -0.05) is 0 Å². The number of carbonyl (C=O) groups excluding carboxylic acids is 1. The normalized spacial score (nSPS) is 11.8. The number of nitrogens with one attached hydrogen (secondary N) is 1. The van der Waals surface area contributed by atoms with Crippen LogP contribution in [0.2, 0.25) is 0 Å². The van der Waals surface area contributed by atoms with E-state index in [-0.39, 0.29) is 25.1 Å². The molecule has 5 N–H and O–H groups in total. The molecule has 0 saturated heterocycles. The highest BCUT2D eigenvalue weighted by Gasteiger charge is 2.22. The van der Waals surface area contributed by atoms with Crippen molar-refractivity contribution in [2.75, 3.05) is 0 Å². The quantitative estimate of drug-likeness (QED) is 0.536. The van der Waals surface area contributed by atoms with Crippen LogP contribution in [0.3, 0.4) is 0 Å². The summed E-state index contributed by atoms with van der Waals surface area (Å²) < 4.78 is 0. The van der Waals surface area contributed by atoms with Gasteiger partial charge in [-0.2, -0.15) is 0 Å². The Bertz CT molecular complexity index is 487. The molecule has 0 radical (unpaired) electrons. The molecule has 0 aliphatic carbocycles. The molecule has 0 aromatic carbocycles. The predicted octanol–water partition coefficient (Wildman–Crippen LogP) is -0.350. The molecule has 1 heterocycles. The van der Waals surface area contributed by atoms with Crippen LogP contribution in [0.5, 0.6) is 0 Å². The lowest BCUT2D eigenvalue weighted by Crippen LogP contribution is -2.41. The third-order valence-electron chi connectivity index (χ3n) is 2.21. The third-order valence-corrected chi connectivity index (χ3v) is 3.08. The first-order valence-corrected chi connectivity index (χ1v) is 6.22. The molecule has 1 rings (SSSR count). The Morgan fingerprint density at radius 1 is 1.42 bits per heavy atom. The Morgan fingerprint density at radius 3 is 2.58 bits per heavy atom. The van der Waals surface area contributed by atoms with Gasteiger partial charge in [-0.15, -0.1) is 11.3 Å². The van der Waals surface area contributed by atoms with Crippen molar-refractivity contribution in [2.45, 2.75) is 25.4 Å². The van der Waals surface area contributed by atoms with Gasteiger partial charge in [0.1, 0.15) is 16.7 Å².